The molecule has 1 fully saturated rings. The highest BCUT2D eigenvalue weighted by atomic mass is 35.5. The number of hydrogen-bond acceptors (Lipinski definition) is 3. The Bertz CT molecular complexity index is 858. The molecule has 1 saturated heterocycles. The summed E-state index contributed by atoms with van der Waals surface area (Å²) in [6.45, 7) is 2.27. The van der Waals surface area contributed by atoms with Gasteiger partial charge in [0.25, 0.3) is 0 Å². The minimum atomic E-state index is -3.20. The number of sulfonamides is 1. The van der Waals surface area contributed by atoms with Crippen LogP contribution in [0.1, 0.15) is 17.9 Å². The first-order valence-electron chi connectivity index (χ1n) is 8.92. The maximum atomic E-state index is 12.9. The Kier molecular flexibility index (Phi) is 6.24. The third kappa shape index (κ3) is 5.34. The van der Waals surface area contributed by atoms with Gasteiger partial charge < -0.3 is 9.47 Å². The molecule has 6 nitrogen and oxygen atoms in total. The van der Waals surface area contributed by atoms with Crippen molar-refractivity contribution in [2.24, 2.45) is 0 Å². The summed E-state index contributed by atoms with van der Waals surface area (Å²) in [5.41, 5.74) is 1.07. The predicted molar refractivity (Wildman–Crippen MR) is 106 cm³/mol. The van der Waals surface area contributed by atoms with E-state index in [0.29, 0.717) is 44.2 Å². The zero-order chi connectivity index (χ0) is 19.4. The molecule has 3 rings (SSSR count). The van der Waals surface area contributed by atoms with Gasteiger partial charge in [-0.3, -0.25) is 4.79 Å². The van der Waals surface area contributed by atoms with Crippen LogP contribution in [0.25, 0.3) is 0 Å². The molecule has 0 radical (unpaired) electrons. The van der Waals surface area contributed by atoms with E-state index in [-0.39, 0.29) is 11.8 Å². The molecule has 146 valence electrons. The molecular weight excluding hydrogens is 386 g/mol. The number of carbonyl (C=O) groups is 1. The Morgan fingerprint density at radius 3 is 2.22 bits per heavy atom. The van der Waals surface area contributed by atoms with Crippen LogP contribution in [-0.4, -0.2) is 60.5 Å². The van der Waals surface area contributed by atoms with Crippen LogP contribution in [-0.2, 0) is 21.4 Å². The maximum absolute atomic E-state index is 12.9. The Labute approximate surface area is 165 Å². The van der Waals surface area contributed by atoms with Gasteiger partial charge in [-0.2, -0.15) is 4.31 Å². The second-order valence-corrected chi connectivity index (χ2v) is 9.29. The van der Waals surface area contributed by atoms with Gasteiger partial charge in [0.05, 0.1) is 6.26 Å². The van der Waals surface area contributed by atoms with Crippen molar-refractivity contribution >= 4 is 27.5 Å². The molecule has 1 amide bonds. The lowest BCUT2D eigenvalue weighted by Gasteiger charge is -2.34. The van der Waals surface area contributed by atoms with Gasteiger partial charge in [-0.1, -0.05) is 23.7 Å². The number of piperazine rings is 1. The summed E-state index contributed by atoms with van der Waals surface area (Å²) < 4.78 is 26.8. The van der Waals surface area contributed by atoms with E-state index in [4.69, 9.17) is 11.6 Å². The maximum Gasteiger partial charge on any atom is 0.223 e. The lowest BCUT2D eigenvalue weighted by molar-refractivity contribution is -0.132. The normalized spacial score (nSPS) is 17.0. The number of halogens is 1. The number of amides is 1. The van der Waals surface area contributed by atoms with Crippen molar-refractivity contribution in [2.75, 3.05) is 32.4 Å². The highest BCUT2D eigenvalue weighted by Gasteiger charge is 2.27. The fraction of sp³-hybridized carbons (Fsp3) is 0.421. The predicted octanol–water partition coefficient (Wildman–Crippen LogP) is 2.42. The summed E-state index contributed by atoms with van der Waals surface area (Å²) in [5.74, 6) is 0.0744. The number of nitrogens with zero attached hydrogens (tertiary/aromatic N) is 3. The average molecular weight is 410 g/mol. The van der Waals surface area contributed by atoms with Crippen LogP contribution in [0.5, 0.6) is 0 Å². The zero-order valence-electron chi connectivity index (χ0n) is 15.3. The standard InChI is InChI=1S/C19H24ClN3O3S/c1-27(25,26)23-12-10-22(11-13-23)19(24)14-17(15-21-8-2-3-9-21)16-4-6-18(20)7-5-16/h2-9,17H,10-15H2,1H3. The molecule has 2 heterocycles. The van der Waals surface area contributed by atoms with Gasteiger partial charge in [-0.25, -0.2) is 8.42 Å². The second kappa shape index (κ2) is 8.46. The Morgan fingerprint density at radius 2 is 1.67 bits per heavy atom. The van der Waals surface area contributed by atoms with E-state index in [1.54, 1.807) is 4.90 Å². The molecule has 0 N–H and O–H groups in total. The van der Waals surface area contributed by atoms with Gasteiger partial charge in [0, 0.05) is 62.5 Å². The van der Waals surface area contributed by atoms with Crippen LogP contribution in [0.4, 0.5) is 0 Å². The quantitative estimate of drug-likeness (QED) is 0.736. The summed E-state index contributed by atoms with van der Waals surface area (Å²) in [4.78, 5) is 14.6. The Balaban J connectivity index is 1.68. The van der Waals surface area contributed by atoms with Crippen LogP contribution in [0.15, 0.2) is 48.8 Å². The van der Waals surface area contributed by atoms with E-state index in [1.807, 2.05) is 48.8 Å². The Hall–Kier alpha value is -1.83. The van der Waals surface area contributed by atoms with Crippen molar-refractivity contribution in [3.05, 3.63) is 59.4 Å². The van der Waals surface area contributed by atoms with Crippen LogP contribution >= 0.6 is 11.6 Å². The second-order valence-electron chi connectivity index (χ2n) is 6.88. The number of benzene rings is 1. The first-order chi connectivity index (χ1) is 12.8. The third-order valence-electron chi connectivity index (χ3n) is 4.92. The van der Waals surface area contributed by atoms with Crippen LogP contribution in [0, 0.1) is 0 Å². The molecule has 1 aromatic heterocycles. The number of aromatic nitrogens is 1. The highest BCUT2D eigenvalue weighted by Crippen LogP contribution is 2.25. The molecule has 8 heteroatoms. The molecule has 27 heavy (non-hydrogen) atoms. The highest BCUT2D eigenvalue weighted by molar-refractivity contribution is 7.88. The molecule has 0 bridgehead atoms. The summed E-state index contributed by atoms with van der Waals surface area (Å²) in [7, 11) is -3.20. The molecule has 0 aliphatic carbocycles. The van der Waals surface area contributed by atoms with Crippen LogP contribution in [0.3, 0.4) is 0 Å². The zero-order valence-corrected chi connectivity index (χ0v) is 16.9. The van der Waals surface area contributed by atoms with Gasteiger partial charge in [0.1, 0.15) is 0 Å². The van der Waals surface area contributed by atoms with Gasteiger partial charge in [-0.15, -0.1) is 0 Å². The first-order valence-corrected chi connectivity index (χ1v) is 11.1. The molecule has 1 aliphatic heterocycles. The first kappa shape index (κ1) is 19.9. The van der Waals surface area contributed by atoms with Crippen LogP contribution < -0.4 is 0 Å². The van der Waals surface area contributed by atoms with Crippen molar-refractivity contribution in [1.82, 2.24) is 13.8 Å². The lowest BCUT2D eigenvalue weighted by Crippen LogP contribution is -2.50. The van der Waals surface area contributed by atoms with Crippen molar-refractivity contribution in [3.8, 4) is 0 Å². The summed E-state index contributed by atoms with van der Waals surface area (Å²) >= 11 is 6.00. The monoisotopic (exact) mass is 409 g/mol. The third-order valence-corrected chi connectivity index (χ3v) is 6.48. The van der Waals surface area contributed by atoms with Crippen LogP contribution in [0.2, 0.25) is 5.02 Å². The van der Waals surface area contributed by atoms with Gasteiger partial charge >= 0.3 is 0 Å². The topological polar surface area (TPSA) is 62.6 Å². The van der Waals surface area contributed by atoms with E-state index >= 15 is 0 Å². The fourth-order valence-corrected chi connectivity index (χ4v) is 4.33. The SMILES string of the molecule is CS(=O)(=O)N1CCN(C(=O)CC(Cn2cccc2)c2ccc(Cl)cc2)CC1. The summed E-state index contributed by atoms with van der Waals surface area (Å²) in [6.07, 6.45) is 5.55. The summed E-state index contributed by atoms with van der Waals surface area (Å²) in [5, 5.41) is 0.668. The largest absolute Gasteiger partial charge is 0.354 e. The van der Waals surface area contributed by atoms with E-state index in [0.717, 1.165) is 5.56 Å². The molecule has 0 saturated carbocycles. The Morgan fingerprint density at radius 1 is 1.07 bits per heavy atom. The molecule has 1 aliphatic rings. The van der Waals surface area contributed by atoms with E-state index < -0.39 is 10.0 Å². The number of rotatable bonds is 6. The molecular formula is C19H24ClN3O3S. The van der Waals surface area contributed by atoms with Gasteiger partial charge in [0.15, 0.2) is 0 Å². The molecule has 1 atom stereocenters. The summed E-state index contributed by atoms with van der Waals surface area (Å²) in [6, 6.07) is 11.5. The van der Waals surface area contributed by atoms with Crippen molar-refractivity contribution in [2.45, 2.75) is 18.9 Å². The van der Waals surface area contributed by atoms with E-state index in [2.05, 4.69) is 4.57 Å². The van der Waals surface area contributed by atoms with Crippen molar-refractivity contribution in [3.63, 3.8) is 0 Å². The minimum Gasteiger partial charge on any atom is -0.354 e. The van der Waals surface area contributed by atoms with Gasteiger partial charge in [0.2, 0.25) is 15.9 Å². The number of hydrogen-bond donors (Lipinski definition) is 0. The minimum absolute atomic E-state index is 0.0232. The molecule has 0 spiro atoms. The van der Waals surface area contributed by atoms with E-state index in [9.17, 15) is 13.2 Å². The number of carbonyl (C=O) groups excluding carboxylic acids is 1. The molecule has 1 unspecified atom stereocenters. The fourth-order valence-electron chi connectivity index (χ4n) is 3.38. The molecule has 1 aromatic carbocycles. The van der Waals surface area contributed by atoms with Gasteiger partial charge in [-0.05, 0) is 29.8 Å². The van der Waals surface area contributed by atoms with Crippen molar-refractivity contribution in [1.29, 1.82) is 0 Å². The van der Waals surface area contributed by atoms with Crippen molar-refractivity contribution < 1.29 is 13.2 Å². The molecule has 2 aromatic rings. The lowest BCUT2D eigenvalue weighted by atomic mass is 9.94. The van der Waals surface area contributed by atoms with E-state index in [1.165, 1.54) is 10.6 Å². The average Bonchev–Trinajstić information content (AvgIpc) is 3.14. The smallest absolute Gasteiger partial charge is 0.223 e.